The molecule has 0 bridgehead atoms. The zero-order valence-electron chi connectivity index (χ0n) is 11.8. The Bertz CT molecular complexity index is 588. The van der Waals surface area contributed by atoms with Crippen molar-refractivity contribution in [2.45, 2.75) is 31.6 Å². The van der Waals surface area contributed by atoms with Crippen LogP contribution in [0.4, 0.5) is 0 Å². The van der Waals surface area contributed by atoms with Gasteiger partial charge in [0, 0.05) is 30.9 Å². The van der Waals surface area contributed by atoms with Gasteiger partial charge < -0.3 is 5.11 Å². The summed E-state index contributed by atoms with van der Waals surface area (Å²) in [5, 5.41) is 8.65. The smallest absolute Gasteiger partial charge is 0.242 e. The SMILES string of the molecule is CCC(C)CNS(=O)(=O)c1cncc(C#CCCO)c1. The molecule has 0 aliphatic heterocycles. The second-order valence-electron chi connectivity index (χ2n) is 4.55. The van der Waals surface area contributed by atoms with Crippen molar-refractivity contribution in [1.29, 1.82) is 0 Å². The molecule has 0 spiro atoms. The summed E-state index contributed by atoms with van der Waals surface area (Å²) in [6.45, 7) is 4.38. The maximum atomic E-state index is 12.1. The Balaban J connectivity index is 2.85. The minimum absolute atomic E-state index is 0.0190. The predicted molar refractivity (Wildman–Crippen MR) is 77.5 cm³/mol. The molecule has 0 fully saturated rings. The predicted octanol–water partition coefficient (Wildman–Crippen LogP) is 1.14. The lowest BCUT2D eigenvalue weighted by Crippen LogP contribution is -2.28. The summed E-state index contributed by atoms with van der Waals surface area (Å²) in [5.41, 5.74) is 0.518. The number of pyridine rings is 1. The van der Waals surface area contributed by atoms with Crippen molar-refractivity contribution >= 4 is 10.0 Å². The van der Waals surface area contributed by atoms with Crippen LogP contribution in [-0.4, -0.2) is 31.7 Å². The van der Waals surface area contributed by atoms with Crippen molar-refractivity contribution in [3.8, 4) is 11.8 Å². The number of aromatic nitrogens is 1. The van der Waals surface area contributed by atoms with E-state index in [-0.39, 0.29) is 17.4 Å². The highest BCUT2D eigenvalue weighted by Gasteiger charge is 2.15. The molecule has 20 heavy (non-hydrogen) atoms. The quantitative estimate of drug-likeness (QED) is 0.772. The lowest BCUT2D eigenvalue weighted by molar-refractivity contribution is 0.305. The first-order valence-electron chi connectivity index (χ1n) is 6.54. The molecule has 1 aromatic heterocycles. The second kappa shape index (κ2) is 8.00. The highest BCUT2D eigenvalue weighted by molar-refractivity contribution is 7.89. The molecule has 0 radical (unpaired) electrons. The molecule has 0 saturated carbocycles. The van der Waals surface area contributed by atoms with Gasteiger partial charge in [0.15, 0.2) is 0 Å². The third kappa shape index (κ3) is 5.29. The fourth-order valence-electron chi connectivity index (χ4n) is 1.33. The first-order chi connectivity index (χ1) is 9.49. The molecule has 1 unspecified atom stereocenters. The van der Waals surface area contributed by atoms with Gasteiger partial charge in [-0.15, -0.1) is 0 Å². The normalized spacial score (nSPS) is 12.6. The van der Waals surface area contributed by atoms with Gasteiger partial charge in [-0.25, -0.2) is 13.1 Å². The van der Waals surface area contributed by atoms with E-state index in [1.54, 1.807) is 0 Å². The molecule has 0 amide bonds. The second-order valence-corrected chi connectivity index (χ2v) is 6.32. The van der Waals surface area contributed by atoms with Crippen molar-refractivity contribution < 1.29 is 13.5 Å². The summed E-state index contributed by atoms with van der Waals surface area (Å²) in [6.07, 6.45) is 4.06. The monoisotopic (exact) mass is 296 g/mol. The van der Waals surface area contributed by atoms with Crippen LogP contribution in [0.5, 0.6) is 0 Å². The van der Waals surface area contributed by atoms with Crippen LogP contribution in [0.25, 0.3) is 0 Å². The van der Waals surface area contributed by atoms with Gasteiger partial charge in [-0.2, -0.15) is 0 Å². The van der Waals surface area contributed by atoms with E-state index in [0.29, 0.717) is 18.5 Å². The van der Waals surface area contributed by atoms with Crippen LogP contribution in [0.15, 0.2) is 23.4 Å². The number of aliphatic hydroxyl groups excluding tert-OH is 1. The number of sulfonamides is 1. The summed E-state index contributed by atoms with van der Waals surface area (Å²) in [7, 11) is -3.55. The molecule has 1 rings (SSSR count). The average Bonchev–Trinajstić information content (AvgIpc) is 2.45. The van der Waals surface area contributed by atoms with Crippen LogP contribution in [0.3, 0.4) is 0 Å². The summed E-state index contributed by atoms with van der Waals surface area (Å²) >= 11 is 0. The molecule has 1 aromatic rings. The lowest BCUT2D eigenvalue weighted by atomic mass is 10.1. The van der Waals surface area contributed by atoms with Crippen molar-refractivity contribution in [3.05, 3.63) is 24.0 Å². The van der Waals surface area contributed by atoms with E-state index in [2.05, 4.69) is 21.5 Å². The van der Waals surface area contributed by atoms with Crippen LogP contribution in [0, 0.1) is 17.8 Å². The van der Waals surface area contributed by atoms with E-state index in [0.717, 1.165) is 6.42 Å². The Hall–Kier alpha value is -1.42. The molecule has 2 N–H and O–H groups in total. The largest absolute Gasteiger partial charge is 0.395 e. The van der Waals surface area contributed by atoms with Crippen LogP contribution >= 0.6 is 0 Å². The number of aliphatic hydroxyl groups is 1. The van der Waals surface area contributed by atoms with E-state index in [9.17, 15) is 8.42 Å². The van der Waals surface area contributed by atoms with Gasteiger partial charge in [0.2, 0.25) is 10.0 Å². The van der Waals surface area contributed by atoms with Crippen molar-refractivity contribution in [1.82, 2.24) is 9.71 Å². The standard InChI is InChI=1S/C14H20N2O3S/c1-3-12(2)9-16-20(18,19)14-8-13(10-15-11-14)6-4-5-7-17/h8,10-12,16-17H,3,5,7,9H2,1-2H3. The molecule has 110 valence electrons. The van der Waals surface area contributed by atoms with Gasteiger partial charge in [0.05, 0.1) is 6.61 Å². The maximum absolute atomic E-state index is 12.1. The number of nitrogens with one attached hydrogen (secondary N) is 1. The zero-order chi connectivity index (χ0) is 15.0. The van der Waals surface area contributed by atoms with E-state index in [1.807, 2.05) is 13.8 Å². The first-order valence-corrected chi connectivity index (χ1v) is 8.02. The maximum Gasteiger partial charge on any atom is 0.242 e. The summed E-state index contributed by atoms with van der Waals surface area (Å²) < 4.78 is 26.8. The molecule has 5 nitrogen and oxygen atoms in total. The van der Waals surface area contributed by atoms with Crippen molar-refractivity contribution in [3.63, 3.8) is 0 Å². The van der Waals surface area contributed by atoms with E-state index in [1.165, 1.54) is 18.5 Å². The van der Waals surface area contributed by atoms with Gasteiger partial charge in [-0.3, -0.25) is 4.98 Å². The van der Waals surface area contributed by atoms with Gasteiger partial charge in [0.25, 0.3) is 0 Å². The third-order valence-electron chi connectivity index (χ3n) is 2.81. The average molecular weight is 296 g/mol. The minimum atomic E-state index is -3.55. The minimum Gasteiger partial charge on any atom is -0.395 e. The Kier molecular flexibility index (Phi) is 6.65. The summed E-state index contributed by atoms with van der Waals surface area (Å²) in [6, 6.07) is 1.48. The molecule has 0 aromatic carbocycles. The van der Waals surface area contributed by atoms with E-state index >= 15 is 0 Å². The Morgan fingerprint density at radius 1 is 1.45 bits per heavy atom. The number of hydrogen-bond acceptors (Lipinski definition) is 4. The van der Waals surface area contributed by atoms with Crippen LogP contribution in [0.1, 0.15) is 32.3 Å². The van der Waals surface area contributed by atoms with Crippen molar-refractivity contribution in [2.24, 2.45) is 5.92 Å². The molecule has 0 aliphatic rings. The van der Waals surface area contributed by atoms with E-state index in [4.69, 9.17) is 5.11 Å². The highest BCUT2D eigenvalue weighted by atomic mass is 32.2. The molecular formula is C14H20N2O3S. The topological polar surface area (TPSA) is 79.3 Å². The molecule has 1 atom stereocenters. The van der Waals surface area contributed by atoms with Gasteiger partial charge in [-0.1, -0.05) is 32.1 Å². The number of rotatable bonds is 6. The third-order valence-corrected chi connectivity index (χ3v) is 4.20. The van der Waals surface area contributed by atoms with Crippen molar-refractivity contribution in [2.75, 3.05) is 13.2 Å². The fourth-order valence-corrected chi connectivity index (χ4v) is 2.49. The molecule has 1 heterocycles. The van der Waals surface area contributed by atoms with Gasteiger partial charge >= 0.3 is 0 Å². The fraction of sp³-hybridized carbons (Fsp3) is 0.500. The molecule has 0 aliphatic carbocycles. The molecular weight excluding hydrogens is 276 g/mol. The van der Waals surface area contributed by atoms with Gasteiger partial charge in [0.1, 0.15) is 4.90 Å². The zero-order valence-corrected chi connectivity index (χ0v) is 12.6. The van der Waals surface area contributed by atoms with Crippen LogP contribution < -0.4 is 4.72 Å². The Morgan fingerprint density at radius 2 is 2.20 bits per heavy atom. The van der Waals surface area contributed by atoms with Crippen LogP contribution in [-0.2, 0) is 10.0 Å². The summed E-state index contributed by atoms with van der Waals surface area (Å²) in [4.78, 5) is 4.00. The first kappa shape index (κ1) is 16.6. The van der Waals surface area contributed by atoms with Crippen LogP contribution in [0.2, 0.25) is 0 Å². The summed E-state index contributed by atoms with van der Waals surface area (Å²) in [5.74, 6) is 5.79. The number of hydrogen-bond donors (Lipinski definition) is 2. The number of nitrogens with zero attached hydrogens (tertiary/aromatic N) is 1. The Labute approximate surface area is 120 Å². The molecule has 0 saturated heterocycles. The highest BCUT2D eigenvalue weighted by Crippen LogP contribution is 2.10. The molecule has 6 heteroatoms. The van der Waals surface area contributed by atoms with Gasteiger partial charge in [-0.05, 0) is 12.0 Å². The lowest BCUT2D eigenvalue weighted by Gasteiger charge is -2.10. The van der Waals surface area contributed by atoms with E-state index < -0.39 is 10.0 Å². The Morgan fingerprint density at radius 3 is 2.85 bits per heavy atom.